The molecule has 0 spiro atoms. The first-order valence-corrected chi connectivity index (χ1v) is 22.2. The number of rotatable bonds is 8. The normalized spacial score (nSPS) is 12.5. The Balaban J connectivity index is 1.05. The van der Waals surface area contributed by atoms with Crippen molar-refractivity contribution in [1.29, 1.82) is 0 Å². The van der Waals surface area contributed by atoms with E-state index in [4.69, 9.17) is 0 Å². The molecule has 300 valence electrons. The fraction of sp³-hybridized carbons (Fsp3) is 0.0159. The van der Waals surface area contributed by atoms with E-state index in [-0.39, 0.29) is 0 Å². The van der Waals surface area contributed by atoms with Crippen molar-refractivity contribution >= 4 is 38.6 Å². The molecule has 11 aromatic rings. The Kier molecular flexibility index (Phi) is 9.13. The molecule has 0 saturated heterocycles. The van der Waals surface area contributed by atoms with Crippen LogP contribution >= 0.6 is 0 Å². The minimum absolute atomic E-state index is 0.507. The summed E-state index contributed by atoms with van der Waals surface area (Å²) >= 11 is 0. The molecule has 1 aliphatic rings. The molecule has 0 amide bonds. The van der Waals surface area contributed by atoms with E-state index in [0.717, 1.165) is 17.1 Å². The Morgan fingerprint density at radius 1 is 0.281 bits per heavy atom. The van der Waals surface area contributed by atoms with E-state index in [1.165, 1.54) is 88.3 Å². The van der Waals surface area contributed by atoms with Crippen molar-refractivity contribution in [2.45, 2.75) is 5.41 Å². The monoisotopic (exact) mass is 813 g/mol. The average Bonchev–Trinajstić information content (AvgIpc) is 3.69. The smallest absolute Gasteiger partial charge is 0.0714 e. The van der Waals surface area contributed by atoms with Crippen LogP contribution in [0.15, 0.2) is 261 Å². The van der Waals surface area contributed by atoms with Crippen molar-refractivity contribution in [2.75, 3.05) is 4.90 Å². The molecule has 64 heavy (non-hydrogen) atoms. The molecule has 1 nitrogen and oxygen atoms in total. The molecular formula is C63H43N. The molecule has 1 heteroatoms. The molecule has 0 radical (unpaired) electrons. The van der Waals surface area contributed by atoms with Gasteiger partial charge in [-0.2, -0.15) is 0 Å². The molecule has 12 rings (SSSR count). The van der Waals surface area contributed by atoms with E-state index in [0.29, 0.717) is 0 Å². The lowest BCUT2D eigenvalue weighted by Crippen LogP contribution is -2.28. The SMILES string of the molecule is c1ccc(-c2cccc3ccc(-c4ccc(N(c5ccc(-c6cccc7ccccc67)cc5)c5cccc6c5-c5ccccc5C6(c5ccccc5)c5ccccc5)cc4)cc23)cc1. The summed E-state index contributed by atoms with van der Waals surface area (Å²) in [6, 6.07) is 95.8. The van der Waals surface area contributed by atoms with E-state index in [9.17, 15) is 0 Å². The zero-order valence-electron chi connectivity index (χ0n) is 35.3. The molecule has 0 aromatic heterocycles. The van der Waals surface area contributed by atoms with Crippen molar-refractivity contribution in [1.82, 2.24) is 0 Å². The predicted molar refractivity (Wildman–Crippen MR) is 270 cm³/mol. The van der Waals surface area contributed by atoms with Crippen LogP contribution in [0.4, 0.5) is 17.1 Å². The van der Waals surface area contributed by atoms with Gasteiger partial charge in [0.25, 0.3) is 0 Å². The zero-order valence-corrected chi connectivity index (χ0v) is 35.3. The molecular weight excluding hydrogens is 771 g/mol. The Bertz CT molecular complexity index is 3420. The van der Waals surface area contributed by atoms with Crippen LogP contribution in [0.1, 0.15) is 22.3 Å². The standard InChI is InChI=1S/C63H43N/c1-4-17-45(18-5-1)56-29-15-21-47-33-34-49(43-58(47)56)44-35-39-52(40-36-44)64(53-41-37-48(38-42-53)55-28-14-20-46-19-10-11-26-54(46)55)61-32-16-31-60-62(61)57-27-12-13-30-59(57)63(60,50-22-6-2-7-23-50)51-24-8-3-9-25-51/h1-43H. The van der Waals surface area contributed by atoms with Gasteiger partial charge in [0.1, 0.15) is 0 Å². The van der Waals surface area contributed by atoms with Crippen LogP contribution < -0.4 is 4.90 Å². The van der Waals surface area contributed by atoms with Gasteiger partial charge in [-0.05, 0) is 119 Å². The van der Waals surface area contributed by atoms with Gasteiger partial charge in [0, 0.05) is 16.9 Å². The Hall–Kier alpha value is -8.26. The number of fused-ring (bicyclic) bond motifs is 5. The number of anilines is 3. The summed E-state index contributed by atoms with van der Waals surface area (Å²) in [5.74, 6) is 0. The van der Waals surface area contributed by atoms with Gasteiger partial charge in [-0.15, -0.1) is 0 Å². The molecule has 0 aliphatic heterocycles. The van der Waals surface area contributed by atoms with E-state index in [1.807, 2.05) is 0 Å². The van der Waals surface area contributed by atoms with Crippen LogP contribution in [0, 0.1) is 0 Å². The van der Waals surface area contributed by atoms with Gasteiger partial charge in [0.05, 0.1) is 11.1 Å². The van der Waals surface area contributed by atoms with Crippen LogP contribution in [0.2, 0.25) is 0 Å². The van der Waals surface area contributed by atoms with Crippen molar-refractivity contribution in [3.8, 4) is 44.5 Å². The fourth-order valence-corrected chi connectivity index (χ4v) is 10.5. The second-order valence-corrected chi connectivity index (χ2v) is 16.8. The second kappa shape index (κ2) is 15.6. The maximum absolute atomic E-state index is 2.46. The minimum Gasteiger partial charge on any atom is -0.310 e. The number of nitrogens with zero attached hydrogens (tertiary/aromatic N) is 1. The molecule has 0 atom stereocenters. The van der Waals surface area contributed by atoms with E-state index >= 15 is 0 Å². The number of benzene rings is 11. The van der Waals surface area contributed by atoms with Crippen LogP contribution in [-0.4, -0.2) is 0 Å². The quantitative estimate of drug-likeness (QED) is 0.148. The van der Waals surface area contributed by atoms with Gasteiger partial charge in [0.2, 0.25) is 0 Å². The molecule has 1 aliphatic carbocycles. The summed E-state index contributed by atoms with van der Waals surface area (Å²) in [4.78, 5) is 2.46. The molecule has 0 unspecified atom stereocenters. The highest BCUT2D eigenvalue weighted by atomic mass is 15.1. The first-order chi connectivity index (χ1) is 31.8. The lowest BCUT2D eigenvalue weighted by atomic mass is 9.68. The Morgan fingerprint density at radius 3 is 1.44 bits per heavy atom. The van der Waals surface area contributed by atoms with Crippen LogP contribution in [-0.2, 0) is 5.41 Å². The zero-order chi connectivity index (χ0) is 42.5. The van der Waals surface area contributed by atoms with Crippen molar-refractivity contribution in [2.24, 2.45) is 0 Å². The first kappa shape index (κ1) is 37.5. The van der Waals surface area contributed by atoms with Crippen LogP contribution in [0.25, 0.3) is 66.1 Å². The van der Waals surface area contributed by atoms with Gasteiger partial charge in [-0.1, -0.05) is 224 Å². The van der Waals surface area contributed by atoms with Gasteiger partial charge in [0.15, 0.2) is 0 Å². The molecule has 0 heterocycles. The number of hydrogen-bond acceptors (Lipinski definition) is 1. The maximum atomic E-state index is 2.46. The van der Waals surface area contributed by atoms with Gasteiger partial charge < -0.3 is 4.90 Å². The molecule has 0 saturated carbocycles. The van der Waals surface area contributed by atoms with Crippen LogP contribution in [0.3, 0.4) is 0 Å². The Morgan fingerprint density at radius 2 is 0.750 bits per heavy atom. The maximum Gasteiger partial charge on any atom is 0.0714 e. The Labute approximate surface area is 374 Å². The first-order valence-electron chi connectivity index (χ1n) is 22.2. The lowest BCUT2D eigenvalue weighted by molar-refractivity contribution is 0.768. The van der Waals surface area contributed by atoms with E-state index in [2.05, 4.69) is 266 Å². The summed E-state index contributed by atoms with van der Waals surface area (Å²) < 4.78 is 0. The fourth-order valence-electron chi connectivity index (χ4n) is 10.5. The highest BCUT2D eigenvalue weighted by Crippen LogP contribution is 2.59. The molecule has 0 bridgehead atoms. The second-order valence-electron chi connectivity index (χ2n) is 16.8. The molecule has 11 aromatic carbocycles. The third kappa shape index (κ3) is 6.08. The third-order valence-electron chi connectivity index (χ3n) is 13.4. The highest BCUT2D eigenvalue weighted by Gasteiger charge is 2.47. The van der Waals surface area contributed by atoms with Crippen molar-refractivity contribution in [3.63, 3.8) is 0 Å². The molecule has 0 fully saturated rings. The summed E-state index contributed by atoms with van der Waals surface area (Å²) in [6.45, 7) is 0. The summed E-state index contributed by atoms with van der Waals surface area (Å²) in [6.07, 6.45) is 0. The van der Waals surface area contributed by atoms with E-state index < -0.39 is 5.41 Å². The number of hydrogen-bond donors (Lipinski definition) is 0. The predicted octanol–water partition coefficient (Wildman–Crippen LogP) is 16.8. The van der Waals surface area contributed by atoms with Gasteiger partial charge >= 0.3 is 0 Å². The topological polar surface area (TPSA) is 3.24 Å². The molecule has 0 N–H and O–H groups in total. The van der Waals surface area contributed by atoms with Crippen LogP contribution in [0.5, 0.6) is 0 Å². The van der Waals surface area contributed by atoms with Crippen molar-refractivity contribution < 1.29 is 0 Å². The van der Waals surface area contributed by atoms with Gasteiger partial charge in [-0.3, -0.25) is 0 Å². The minimum atomic E-state index is -0.507. The third-order valence-corrected chi connectivity index (χ3v) is 13.4. The largest absolute Gasteiger partial charge is 0.310 e. The van der Waals surface area contributed by atoms with Crippen molar-refractivity contribution in [3.05, 3.63) is 283 Å². The highest BCUT2D eigenvalue weighted by molar-refractivity contribution is 6.01. The lowest BCUT2D eigenvalue weighted by Gasteiger charge is -2.34. The summed E-state index contributed by atoms with van der Waals surface area (Å²) in [5.41, 5.74) is 17.7. The van der Waals surface area contributed by atoms with E-state index in [1.54, 1.807) is 0 Å². The van der Waals surface area contributed by atoms with Gasteiger partial charge in [-0.25, -0.2) is 0 Å². The summed E-state index contributed by atoms with van der Waals surface area (Å²) in [5, 5.41) is 4.99. The summed E-state index contributed by atoms with van der Waals surface area (Å²) in [7, 11) is 0. The average molecular weight is 814 g/mol.